The average Bonchev–Trinajstić information content (AvgIpc) is 2.46. The Kier molecular flexibility index (Phi) is 7.23. The molecule has 0 aromatic heterocycles. The zero-order chi connectivity index (χ0) is 18.4. The number of amides is 1. The molecule has 7 heteroatoms. The van der Waals surface area contributed by atoms with E-state index in [1.165, 1.54) is 0 Å². The van der Waals surface area contributed by atoms with E-state index in [-0.39, 0.29) is 11.7 Å². The van der Waals surface area contributed by atoms with Gasteiger partial charge in [0.1, 0.15) is 0 Å². The molecule has 0 heterocycles. The summed E-state index contributed by atoms with van der Waals surface area (Å²) in [6.45, 7) is 8.25. The van der Waals surface area contributed by atoms with Gasteiger partial charge in [-0.15, -0.1) is 0 Å². The SMILES string of the molecule is CCCS(=O)(=O)Nc1ccc(C(=O)NC(C)(CN)CC(C)C)cc1. The highest BCUT2D eigenvalue weighted by molar-refractivity contribution is 7.92. The van der Waals surface area contributed by atoms with E-state index in [1.54, 1.807) is 31.2 Å². The van der Waals surface area contributed by atoms with E-state index in [1.807, 2.05) is 6.92 Å². The molecule has 1 amide bonds. The van der Waals surface area contributed by atoms with Crippen molar-refractivity contribution in [1.29, 1.82) is 0 Å². The number of anilines is 1. The van der Waals surface area contributed by atoms with Crippen LogP contribution in [0.1, 0.15) is 50.9 Å². The summed E-state index contributed by atoms with van der Waals surface area (Å²) in [6.07, 6.45) is 1.33. The van der Waals surface area contributed by atoms with Crippen LogP contribution < -0.4 is 15.8 Å². The van der Waals surface area contributed by atoms with Gasteiger partial charge in [0.15, 0.2) is 0 Å². The minimum atomic E-state index is -3.33. The van der Waals surface area contributed by atoms with Crippen LogP contribution in [0.5, 0.6) is 0 Å². The molecule has 1 aromatic carbocycles. The standard InChI is InChI=1S/C17H29N3O3S/c1-5-10-24(22,23)20-15-8-6-14(7-9-15)16(21)19-17(4,12-18)11-13(2)3/h6-9,13,20H,5,10-12,18H2,1-4H3,(H,19,21). The molecule has 1 rings (SSSR count). The maximum absolute atomic E-state index is 12.4. The molecule has 1 unspecified atom stereocenters. The maximum Gasteiger partial charge on any atom is 0.251 e. The molecule has 0 saturated carbocycles. The van der Waals surface area contributed by atoms with E-state index in [2.05, 4.69) is 23.9 Å². The van der Waals surface area contributed by atoms with Gasteiger partial charge in [-0.25, -0.2) is 8.42 Å². The number of nitrogens with two attached hydrogens (primary N) is 1. The summed E-state index contributed by atoms with van der Waals surface area (Å²) in [5.41, 5.74) is 6.26. The van der Waals surface area contributed by atoms with Crippen molar-refractivity contribution in [3.05, 3.63) is 29.8 Å². The second-order valence-electron chi connectivity index (χ2n) is 6.82. The van der Waals surface area contributed by atoms with E-state index in [0.29, 0.717) is 30.1 Å². The Bertz CT molecular complexity index is 642. The number of hydrogen-bond donors (Lipinski definition) is 3. The molecule has 1 atom stereocenters. The number of carbonyl (C=O) groups is 1. The van der Waals surface area contributed by atoms with Crippen molar-refractivity contribution < 1.29 is 13.2 Å². The van der Waals surface area contributed by atoms with Gasteiger partial charge in [-0.05, 0) is 49.9 Å². The third-order valence-electron chi connectivity index (χ3n) is 3.62. The Morgan fingerprint density at radius 1 is 1.25 bits per heavy atom. The first-order valence-corrected chi connectivity index (χ1v) is 9.89. The van der Waals surface area contributed by atoms with E-state index < -0.39 is 15.6 Å². The van der Waals surface area contributed by atoms with Gasteiger partial charge in [0, 0.05) is 23.3 Å². The fourth-order valence-electron chi connectivity index (χ4n) is 2.62. The smallest absolute Gasteiger partial charge is 0.251 e. The summed E-state index contributed by atoms with van der Waals surface area (Å²) in [4.78, 5) is 12.4. The molecular formula is C17H29N3O3S. The van der Waals surface area contributed by atoms with Crippen LogP contribution in [0, 0.1) is 5.92 Å². The second-order valence-corrected chi connectivity index (χ2v) is 8.66. The van der Waals surface area contributed by atoms with Crippen LogP contribution in [0.2, 0.25) is 0 Å². The van der Waals surface area contributed by atoms with Gasteiger partial charge in [-0.1, -0.05) is 20.8 Å². The molecule has 24 heavy (non-hydrogen) atoms. The predicted octanol–water partition coefficient (Wildman–Crippen LogP) is 2.33. The van der Waals surface area contributed by atoms with Crippen molar-refractivity contribution in [3.63, 3.8) is 0 Å². The van der Waals surface area contributed by atoms with Crippen LogP contribution in [-0.4, -0.2) is 32.2 Å². The summed E-state index contributed by atoms with van der Waals surface area (Å²) < 4.78 is 26.0. The Morgan fingerprint density at radius 3 is 2.29 bits per heavy atom. The maximum atomic E-state index is 12.4. The monoisotopic (exact) mass is 355 g/mol. The fraction of sp³-hybridized carbons (Fsp3) is 0.588. The van der Waals surface area contributed by atoms with Gasteiger partial charge in [-0.2, -0.15) is 0 Å². The van der Waals surface area contributed by atoms with Gasteiger partial charge in [0.25, 0.3) is 5.91 Å². The molecule has 136 valence electrons. The lowest BCUT2D eigenvalue weighted by molar-refractivity contribution is 0.0898. The third kappa shape index (κ3) is 6.49. The molecule has 0 aliphatic carbocycles. The Balaban J connectivity index is 2.80. The summed E-state index contributed by atoms with van der Waals surface area (Å²) >= 11 is 0. The molecule has 0 saturated heterocycles. The second kappa shape index (κ2) is 8.48. The quantitative estimate of drug-likeness (QED) is 0.633. The van der Waals surface area contributed by atoms with Crippen molar-refractivity contribution in [3.8, 4) is 0 Å². The molecule has 0 radical (unpaired) electrons. The Labute approximate surface area is 145 Å². The lowest BCUT2D eigenvalue weighted by Crippen LogP contribution is -2.52. The zero-order valence-electron chi connectivity index (χ0n) is 14.9. The van der Waals surface area contributed by atoms with Crippen LogP contribution in [0.25, 0.3) is 0 Å². The van der Waals surface area contributed by atoms with Gasteiger partial charge < -0.3 is 11.1 Å². The number of rotatable bonds is 9. The zero-order valence-corrected chi connectivity index (χ0v) is 15.7. The molecule has 0 spiro atoms. The first-order valence-electron chi connectivity index (χ1n) is 8.24. The lowest BCUT2D eigenvalue weighted by Gasteiger charge is -2.31. The van der Waals surface area contributed by atoms with Crippen LogP contribution in [0.4, 0.5) is 5.69 Å². The number of carbonyl (C=O) groups excluding carboxylic acids is 1. The normalized spacial score (nSPS) is 14.2. The van der Waals surface area contributed by atoms with E-state index >= 15 is 0 Å². The van der Waals surface area contributed by atoms with Crippen molar-refractivity contribution in [2.75, 3.05) is 17.0 Å². The molecule has 4 N–H and O–H groups in total. The summed E-state index contributed by atoms with van der Waals surface area (Å²) in [5, 5.41) is 2.98. The number of benzene rings is 1. The van der Waals surface area contributed by atoms with Crippen LogP contribution >= 0.6 is 0 Å². The van der Waals surface area contributed by atoms with E-state index in [0.717, 1.165) is 6.42 Å². The first kappa shape index (κ1) is 20.4. The van der Waals surface area contributed by atoms with Crippen LogP contribution in [0.15, 0.2) is 24.3 Å². The number of nitrogens with one attached hydrogen (secondary N) is 2. The summed E-state index contributed by atoms with van der Waals surface area (Å²) in [7, 11) is -3.33. The Morgan fingerprint density at radius 2 is 1.83 bits per heavy atom. The molecule has 0 bridgehead atoms. The largest absolute Gasteiger partial charge is 0.346 e. The minimum Gasteiger partial charge on any atom is -0.346 e. The molecule has 1 aromatic rings. The first-order chi connectivity index (χ1) is 11.1. The van der Waals surface area contributed by atoms with E-state index in [4.69, 9.17) is 5.73 Å². The van der Waals surface area contributed by atoms with Crippen molar-refractivity contribution >= 4 is 21.6 Å². The summed E-state index contributed by atoms with van der Waals surface area (Å²) in [5.74, 6) is 0.264. The van der Waals surface area contributed by atoms with Crippen molar-refractivity contribution in [2.45, 2.75) is 46.1 Å². The fourth-order valence-corrected chi connectivity index (χ4v) is 3.76. The average molecular weight is 356 g/mol. The topological polar surface area (TPSA) is 101 Å². The highest BCUT2D eigenvalue weighted by atomic mass is 32.2. The van der Waals surface area contributed by atoms with Gasteiger partial charge in [0.2, 0.25) is 10.0 Å². The summed E-state index contributed by atoms with van der Waals surface area (Å²) in [6, 6.07) is 6.38. The molecule has 6 nitrogen and oxygen atoms in total. The predicted molar refractivity (Wildman–Crippen MR) is 98.5 cm³/mol. The van der Waals surface area contributed by atoms with Crippen LogP contribution in [0.3, 0.4) is 0 Å². The third-order valence-corrected chi connectivity index (χ3v) is 5.11. The molecular weight excluding hydrogens is 326 g/mol. The van der Waals surface area contributed by atoms with E-state index in [9.17, 15) is 13.2 Å². The highest BCUT2D eigenvalue weighted by Crippen LogP contribution is 2.17. The Hall–Kier alpha value is -1.60. The van der Waals surface area contributed by atoms with Gasteiger partial charge in [0.05, 0.1) is 5.75 Å². The molecule has 0 fully saturated rings. The lowest BCUT2D eigenvalue weighted by atomic mass is 9.90. The van der Waals surface area contributed by atoms with Gasteiger partial charge in [-0.3, -0.25) is 9.52 Å². The van der Waals surface area contributed by atoms with Crippen molar-refractivity contribution in [2.24, 2.45) is 11.7 Å². The number of sulfonamides is 1. The van der Waals surface area contributed by atoms with Crippen molar-refractivity contribution in [1.82, 2.24) is 5.32 Å². The molecule has 0 aliphatic rings. The van der Waals surface area contributed by atoms with Crippen LogP contribution in [-0.2, 0) is 10.0 Å². The highest BCUT2D eigenvalue weighted by Gasteiger charge is 2.26. The minimum absolute atomic E-state index is 0.0687. The van der Waals surface area contributed by atoms with Gasteiger partial charge >= 0.3 is 0 Å². The molecule has 0 aliphatic heterocycles. The number of hydrogen-bond acceptors (Lipinski definition) is 4.